The highest BCUT2D eigenvalue weighted by atomic mass is 14.2. The molecule has 1 aliphatic rings. The number of hydrogen-bond donors (Lipinski definition) is 0. The summed E-state index contributed by atoms with van der Waals surface area (Å²) in [5, 5.41) is 0. The van der Waals surface area contributed by atoms with Crippen LogP contribution in [0.5, 0.6) is 0 Å². The first-order chi connectivity index (χ1) is 6.83. The van der Waals surface area contributed by atoms with Gasteiger partial charge in [0.25, 0.3) is 0 Å². The molecular weight excluding hydrogens is 168 g/mol. The van der Waals surface area contributed by atoms with Crippen molar-refractivity contribution in [3.05, 3.63) is 11.6 Å². The van der Waals surface area contributed by atoms with Crippen molar-refractivity contribution < 1.29 is 0 Å². The maximum atomic E-state index is 2.53. The van der Waals surface area contributed by atoms with E-state index in [1.165, 1.54) is 44.9 Å². The van der Waals surface area contributed by atoms with E-state index in [0.717, 1.165) is 5.92 Å². The van der Waals surface area contributed by atoms with Crippen molar-refractivity contribution >= 4 is 0 Å². The highest BCUT2D eigenvalue weighted by molar-refractivity contribution is 5.01. The molecule has 1 rings (SSSR count). The fourth-order valence-electron chi connectivity index (χ4n) is 2.18. The van der Waals surface area contributed by atoms with Crippen LogP contribution in [0.3, 0.4) is 0 Å². The van der Waals surface area contributed by atoms with Crippen LogP contribution in [0.4, 0.5) is 0 Å². The molecular formula is C14H28. The van der Waals surface area contributed by atoms with Gasteiger partial charge in [-0.25, -0.2) is 0 Å². The molecule has 0 nitrogen and oxygen atoms in total. The molecule has 0 aromatic carbocycles. The molecule has 0 heteroatoms. The van der Waals surface area contributed by atoms with Crippen LogP contribution in [0.1, 0.15) is 72.6 Å². The summed E-state index contributed by atoms with van der Waals surface area (Å²) in [5.74, 6) is 0.922. The molecule has 1 aliphatic carbocycles. The summed E-state index contributed by atoms with van der Waals surface area (Å²) in [6.07, 6.45) is 12.4. The molecule has 1 saturated carbocycles. The van der Waals surface area contributed by atoms with Crippen molar-refractivity contribution in [2.75, 3.05) is 0 Å². The van der Waals surface area contributed by atoms with E-state index in [-0.39, 0.29) is 0 Å². The Balaban J connectivity index is 0.000000791. The van der Waals surface area contributed by atoms with Crippen LogP contribution >= 0.6 is 0 Å². The van der Waals surface area contributed by atoms with Crippen molar-refractivity contribution in [1.29, 1.82) is 0 Å². The zero-order chi connectivity index (χ0) is 10.8. The molecule has 0 atom stereocenters. The number of hydrogen-bond acceptors (Lipinski definition) is 0. The zero-order valence-electron chi connectivity index (χ0n) is 10.6. The second kappa shape index (κ2) is 9.30. The van der Waals surface area contributed by atoms with Crippen LogP contribution in [0.25, 0.3) is 0 Å². The minimum atomic E-state index is 0.922. The summed E-state index contributed by atoms with van der Waals surface area (Å²) in [5.41, 5.74) is 1.62. The van der Waals surface area contributed by atoms with Gasteiger partial charge in [-0.15, -0.1) is 0 Å². The van der Waals surface area contributed by atoms with Gasteiger partial charge in [-0.3, -0.25) is 0 Å². The Morgan fingerprint density at radius 3 is 2.21 bits per heavy atom. The third-order valence-electron chi connectivity index (χ3n) is 2.81. The zero-order valence-corrected chi connectivity index (χ0v) is 10.6. The van der Waals surface area contributed by atoms with Gasteiger partial charge in [0.1, 0.15) is 0 Å². The maximum Gasteiger partial charge on any atom is -0.0231 e. The minimum Gasteiger partial charge on any atom is -0.0825 e. The van der Waals surface area contributed by atoms with E-state index < -0.39 is 0 Å². The lowest BCUT2D eigenvalue weighted by atomic mass is 9.87. The second-order valence-electron chi connectivity index (χ2n) is 4.16. The number of rotatable bonds is 3. The summed E-state index contributed by atoms with van der Waals surface area (Å²) in [4.78, 5) is 0. The van der Waals surface area contributed by atoms with Crippen LogP contribution in [-0.4, -0.2) is 0 Å². The van der Waals surface area contributed by atoms with E-state index in [0.29, 0.717) is 0 Å². The Morgan fingerprint density at radius 1 is 1.14 bits per heavy atom. The van der Waals surface area contributed by atoms with E-state index in [2.05, 4.69) is 19.9 Å². The lowest BCUT2D eigenvalue weighted by Gasteiger charge is -2.18. The molecule has 0 radical (unpaired) electrons. The Morgan fingerprint density at radius 2 is 1.71 bits per heavy atom. The first kappa shape index (κ1) is 13.7. The van der Waals surface area contributed by atoms with E-state index in [9.17, 15) is 0 Å². The van der Waals surface area contributed by atoms with Crippen LogP contribution in [0.2, 0.25) is 0 Å². The van der Waals surface area contributed by atoms with Crippen LogP contribution in [-0.2, 0) is 0 Å². The average molecular weight is 196 g/mol. The summed E-state index contributed by atoms with van der Waals surface area (Å²) in [7, 11) is 0. The fourth-order valence-corrected chi connectivity index (χ4v) is 2.18. The number of allylic oxidation sites excluding steroid dienone is 2. The molecule has 84 valence electrons. The highest BCUT2D eigenvalue weighted by Crippen LogP contribution is 2.26. The minimum absolute atomic E-state index is 0.922. The largest absolute Gasteiger partial charge is 0.0825 e. The summed E-state index contributed by atoms with van der Waals surface area (Å²) >= 11 is 0. The van der Waals surface area contributed by atoms with E-state index in [1.54, 1.807) is 5.57 Å². The topological polar surface area (TPSA) is 0 Å². The fraction of sp³-hybridized carbons (Fsp3) is 0.857. The molecule has 0 aliphatic heterocycles. The predicted octanol–water partition coefficient (Wildman–Crippen LogP) is 5.34. The normalized spacial score (nSPS) is 18.7. The maximum absolute atomic E-state index is 2.53. The molecule has 0 aromatic heterocycles. The SMILES string of the molecule is CC.CCC/C(C)=C/C1CCCCC1. The first-order valence-electron chi connectivity index (χ1n) is 6.50. The quantitative estimate of drug-likeness (QED) is 0.534. The van der Waals surface area contributed by atoms with Gasteiger partial charge in [0.2, 0.25) is 0 Å². The first-order valence-corrected chi connectivity index (χ1v) is 6.50. The van der Waals surface area contributed by atoms with Crippen molar-refractivity contribution in [2.45, 2.75) is 72.6 Å². The average Bonchev–Trinajstić information content (AvgIpc) is 2.22. The molecule has 0 spiro atoms. The Hall–Kier alpha value is -0.260. The molecule has 0 amide bonds. The molecule has 0 bridgehead atoms. The molecule has 0 aromatic rings. The summed E-state index contributed by atoms with van der Waals surface area (Å²) in [6, 6.07) is 0. The van der Waals surface area contributed by atoms with Gasteiger partial charge in [-0.05, 0) is 32.1 Å². The van der Waals surface area contributed by atoms with Gasteiger partial charge in [0, 0.05) is 0 Å². The van der Waals surface area contributed by atoms with Gasteiger partial charge >= 0.3 is 0 Å². The monoisotopic (exact) mass is 196 g/mol. The molecule has 0 N–H and O–H groups in total. The van der Waals surface area contributed by atoms with Gasteiger partial charge < -0.3 is 0 Å². The van der Waals surface area contributed by atoms with Crippen molar-refractivity contribution in [3.8, 4) is 0 Å². The Kier molecular flexibility index (Phi) is 9.13. The van der Waals surface area contributed by atoms with Gasteiger partial charge in [-0.2, -0.15) is 0 Å². The van der Waals surface area contributed by atoms with E-state index >= 15 is 0 Å². The Bertz CT molecular complexity index is 138. The molecule has 0 heterocycles. The molecule has 0 unspecified atom stereocenters. The lowest BCUT2D eigenvalue weighted by molar-refractivity contribution is 0.417. The van der Waals surface area contributed by atoms with Crippen molar-refractivity contribution in [2.24, 2.45) is 5.92 Å². The van der Waals surface area contributed by atoms with Gasteiger partial charge in [0.15, 0.2) is 0 Å². The van der Waals surface area contributed by atoms with Crippen LogP contribution in [0, 0.1) is 5.92 Å². The van der Waals surface area contributed by atoms with Gasteiger partial charge in [-0.1, -0.05) is 58.1 Å². The standard InChI is InChI=1S/C12H22.C2H6/c1-3-7-11(2)10-12-8-5-4-6-9-12;1-2/h10,12H,3-9H2,1-2H3;1-2H3/b11-10+;. The lowest BCUT2D eigenvalue weighted by Crippen LogP contribution is -2.03. The third-order valence-corrected chi connectivity index (χ3v) is 2.81. The second-order valence-corrected chi connectivity index (χ2v) is 4.16. The molecule has 14 heavy (non-hydrogen) atoms. The smallest absolute Gasteiger partial charge is 0.0231 e. The summed E-state index contributed by atoms with van der Waals surface area (Å²) < 4.78 is 0. The third kappa shape index (κ3) is 6.23. The van der Waals surface area contributed by atoms with Crippen LogP contribution < -0.4 is 0 Å². The van der Waals surface area contributed by atoms with E-state index in [1.807, 2.05) is 13.8 Å². The molecule has 0 saturated heterocycles. The molecule has 1 fully saturated rings. The van der Waals surface area contributed by atoms with Gasteiger partial charge in [0.05, 0.1) is 0 Å². The Labute approximate surface area is 90.8 Å². The van der Waals surface area contributed by atoms with Crippen molar-refractivity contribution in [1.82, 2.24) is 0 Å². The van der Waals surface area contributed by atoms with E-state index in [4.69, 9.17) is 0 Å². The highest BCUT2D eigenvalue weighted by Gasteiger charge is 2.10. The van der Waals surface area contributed by atoms with Crippen LogP contribution in [0.15, 0.2) is 11.6 Å². The summed E-state index contributed by atoms with van der Waals surface area (Å²) in [6.45, 7) is 8.55. The predicted molar refractivity (Wildman–Crippen MR) is 66.6 cm³/mol. The van der Waals surface area contributed by atoms with Crippen molar-refractivity contribution in [3.63, 3.8) is 0 Å².